The average molecular weight is 307 g/mol. The van der Waals surface area contributed by atoms with Gasteiger partial charge >= 0.3 is 0 Å². The summed E-state index contributed by atoms with van der Waals surface area (Å²) in [5.74, 6) is 0. The van der Waals surface area contributed by atoms with E-state index in [-0.39, 0.29) is 6.10 Å². The maximum absolute atomic E-state index is 6.40. The lowest BCUT2D eigenvalue weighted by molar-refractivity contribution is 0.198. The third-order valence-electron chi connectivity index (χ3n) is 2.92. The molecule has 0 aliphatic carbocycles. The predicted octanol–water partition coefficient (Wildman–Crippen LogP) is 5.86. The molecule has 3 heteroatoms. The van der Waals surface area contributed by atoms with Crippen molar-refractivity contribution >= 4 is 16.4 Å². The van der Waals surface area contributed by atoms with E-state index in [0.29, 0.717) is 0 Å². The molecule has 1 aromatic rings. The van der Waals surface area contributed by atoms with Gasteiger partial charge in [0.1, 0.15) is 0 Å². The lowest BCUT2D eigenvalue weighted by Gasteiger charge is -2.28. The molecular formula is C17H30OSi2. The van der Waals surface area contributed by atoms with Gasteiger partial charge in [0.25, 0.3) is 0 Å². The Balaban J connectivity index is 2.82. The molecule has 0 fully saturated rings. The molecule has 0 aliphatic rings. The fraction of sp³-hybridized carbons (Fsp3) is 0.529. The Kier molecular flexibility index (Phi) is 5.98. The van der Waals surface area contributed by atoms with Gasteiger partial charge in [-0.2, -0.15) is 0 Å². The van der Waals surface area contributed by atoms with E-state index in [1.807, 2.05) is 0 Å². The van der Waals surface area contributed by atoms with Gasteiger partial charge in [0, 0.05) is 8.07 Å². The highest BCUT2D eigenvalue weighted by atomic mass is 28.4. The summed E-state index contributed by atoms with van der Waals surface area (Å²) in [4.78, 5) is 0. The fourth-order valence-corrected chi connectivity index (χ4v) is 5.12. The summed E-state index contributed by atoms with van der Waals surface area (Å²) in [5, 5.41) is 0. The van der Waals surface area contributed by atoms with Gasteiger partial charge in [0.05, 0.1) is 6.10 Å². The smallest absolute Gasteiger partial charge is 0.184 e. The highest BCUT2D eigenvalue weighted by Crippen LogP contribution is 2.31. The highest BCUT2D eigenvalue weighted by Gasteiger charge is 2.24. The van der Waals surface area contributed by atoms with Crippen LogP contribution in [-0.4, -0.2) is 16.4 Å². The number of hydrogen-bond donors (Lipinski definition) is 0. The van der Waals surface area contributed by atoms with Gasteiger partial charge < -0.3 is 4.43 Å². The summed E-state index contributed by atoms with van der Waals surface area (Å²) >= 11 is 0. The summed E-state index contributed by atoms with van der Waals surface area (Å²) in [6.45, 7) is 18.3. The lowest BCUT2D eigenvalue weighted by atomic mass is 10.0. The number of rotatable bonds is 7. The molecule has 0 radical (unpaired) electrons. The Morgan fingerprint density at radius 3 is 2.05 bits per heavy atom. The van der Waals surface area contributed by atoms with E-state index >= 15 is 0 Å². The van der Waals surface area contributed by atoms with E-state index in [0.717, 1.165) is 6.42 Å². The quantitative estimate of drug-likeness (QED) is 0.452. The van der Waals surface area contributed by atoms with Crippen LogP contribution in [0.25, 0.3) is 0 Å². The van der Waals surface area contributed by atoms with Crippen molar-refractivity contribution in [1.82, 2.24) is 0 Å². The number of hydrogen-bond acceptors (Lipinski definition) is 1. The zero-order valence-corrected chi connectivity index (χ0v) is 16.0. The first kappa shape index (κ1) is 17.4. The van der Waals surface area contributed by atoms with E-state index in [2.05, 4.69) is 76.2 Å². The summed E-state index contributed by atoms with van der Waals surface area (Å²) in [6.07, 6.45) is 1.13. The molecule has 0 aliphatic heterocycles. The van der Waals surface area contributed by atoms with Crippen molar-refractivity contribution in [2.24, 2.45) is 0 Å². The van der Waals surface area contributed by atoms with Gasteiger partial charge in [-0.05, 0) is 37.7 Å². The second kappa shape index (κ2) is 6.88. The van der Waals surface area contributed by atoms with Crippen LogP contribution in [-0.2, 0) is 4.43 Å². The summed E-state index contributed by atoms with van der Waals surface area (Å²) < 4.78 is 6.40. The van der Waals surface area contributed by atoms with Crippen LogP contribution in [0.1, 0.15) is 18.1 Å². The van der Waals surface area contributed by atoms with Crippen LogP contribution in [0.2, 0.25) is 45.3 Å². The Morgan fingerprint density at radius 2 is 1.60 bits per heavy atom. The first-order valence-electron chi connectivity index (χ1n) is 7.46. The minimum atomic E-state index is -1.56. The molecule has 0 aromatic heterocycles. The van der Waals surface area contributed by atoms with Crippen molar-refractivity contribution in [3.05, 3.63) is 48.0 Å². The highest BCUT2D eigenvalue weighted by molar-refractivity contribution is 6.76. The Morgan fingerprint density at radius 1 is 1.05 bits per heavy atom. The van der Waals surface area contributed by atoms with E-state index < -0.39 is 16.4 Å². The van der Waals surface area contributed by atoms with Crippen LogP contribution in [0, 0.1) is 0 Å². The number of benzene rings is 1. The second-order valence-electron chi connectivity index (χ2n) is 7.82. The van der Waals surface area contributed by atoms with Crippen molar-refractivity contribution in [2.45, 2.75) is 57.9 Å². The van der Waals surface area contributed by atoms with Crippen molar-refractivity contribution in [3.63, 3.8) is 0 Å². The SMILES string of the molecule is C=C(C[C@@H](O[Si](C)(C)C)c1ccccc1)C[Si](C)(C)C. The molecule has 0 amide bonds. The van der Waals surface area contributed by atoms with Crippen LogP contribution in [0.5, 0.6) is 0 Å². The molecule has 0 saturated carbocycles. The third-order valence-corrected chi connectivity index (χ3v) is 5.47. The van der Waals surface area contributed by atoms with Crippen LogP contribution in [0.4, 0.5) is 0 Å². The molecule has 1 rings (SSSR count). The Hall–Kier alpha value is -0.646. The van der Waals surface area contributed by atoms with Crippen molar-refractivity contribution in [1.29, 1.82) is 0 Å². The Bertz CT molecular complexity index is 427. The topological polar surface area (TPSA) is 9.23 Å². The van der Waals surface area contributed by atoms with E-state index in [9.17, 15) is 0 Å². The van der Waals surface area contributed by atoms with Gasteiger partial charge in [-0.15, -0.1) is 6.58 Å². The molecule has 112 valence electrons. The molecule has 0 unspecified atom stereocenters. The Labute approximate surface area is 127 Å². The van der Waals surface area contributed by atoms with Gasteiger partial charge in [0.15, 0.2) is 8.32 Å². The lowest BCUT2D eigenvalue weighted by Crippen LogP contribution is -2.28. The monoisotopic (exact) mass is 306 g/mol. The van der Waals surface area contributed by atoms with Gasteiger partial charge in [-0.1, -0.05) is 55.5 Å². The molecule has 0 bridgehead atoms. The van der Waals surface area contributed by atoms with Crippen LogP contribution in [0.3, 0.4) is 0 Å². The van der Waals surface area contributed by atoms with Crippen molar-refractivity contribution < 1.29 is 4.43 Å². The van der Waals surface area contributed by atoms with Gasteiger partial charge in [-0.25, -0.2) is 0 Å². The predicted molar refractivity (Wildman–Crippen MR) is 95.5 cm³/mol. The van der Waals surface area contributed by atoms with E-state index in [1.165, 1.54) is 17.2 Å². The van der Waals surface area contributed by atoms with Crippen LogP contribution >= 0.6 is 0 Å². The minimum Gasteiger partial charge on any atom is -0.410 e. The molecule has 1 nitrogen and oxygen atoms in total. The summed E-state index contributed by atoms with van der Waals surface area (Å²) in [5.41, 5.74) is 2.63. The molecule has 0 spiro atoms. The molecule has 0 heterocycles. The van der Waals surface area contributed by atoms with E-state index in [1.54, 1.807) is 0 Å². The average Bonchev–Trinajstić information content (AvgIpc) is 2.25. The molecule has 1 aromatic carbocycles. The molecule has 0 N–H and O–H groups in total. The van der Waals surface area contributed by atoms with Gasteiger partial charge in [0.2, 0.25) is 0 Å². The molecule has 1 atom stereocenters. The zero-order chi connectivity index (χ0) is 15.4. The van der Waals surface area contributed by atoms with Crippen LogP contribution < -0.4 is 0 Å². The third kappa shape index (κ3) is 7.22. The van der Waals surface area contributed by atoms with E-state index in [4.69, 9.17) is 4.43 Å². The first-order chi connectivity index (χ1) is 9.07. The maximum atomic E-state index is 6.40. The summed E-state index contributed by atoms with van der Waals surface area (Å²) in [7, 11) is -2.65. The minimum absolute atomic E-state index is 0.173. The van der Waals surface area contributed by atoms with Gasteiger partial charge in [-0.3, -0.25) is 0 Å². The molecule has 20 heavy (non-hydrogen) atoms. The second-order valence-corrected chi connectivity index (χ2v) is 17.8. The zero-order valence-electron chi connectivity index (χ0n) is 14.0. The molecule has 0 saturated heterocycles. The first-order valence-corrected chi connectivity index (χ1v) is 14.6. The maximum Gasteiger partial charge on any atom is 0.184 e. The standard InChI is InChI=1S/C17H30OSi2/c1-15(14-19(2,3)4)13-17(18-20(5,6)7)16-11-9-8-10-12-16/h8-12,17H,1,13-14H2,2-7H3/t17-/m1/s1. The largest absolute Gasteiger partial charge is 0.410 e. The normalized spacial score (nSPS) is 14.1. The summed E-state index contributed by atoms with van der Waals surface area (Å²) in [6, 6.07) is 11.8. The van der Waals surface area contributed by atoms with Crippen LogP contribution in [0.15, 0.2) is 42.5 Å². The van der Waals surface area contributed by atoms with Crippen molar-refractivity contribution in [2.75, 3.05) is 0 Å². The molecular weight excluding hydrogens is 276 g/mol. The van der Waals surface area contributed by atoms with Crippen molar-refractivity contribution in [3.8, 4) is 0 Å². The fourth-order valence-electron chi connectivity index (χ4n) is 2.41.